The molecule has 20 heavy (non-hydrogen) atoms. The molecule has 0 saturated carbocycles. The number of hydrogen-bond donors (Lipinski definition) is 1. The molecule has 0 amide bonds. The lowest BCUT2D eigenvalue weighted by Crippen LogP contribution is -2.40. The molecule has 1 fully saturated rings. The maximum absolute atomic E-state index is 12.7. The average Bonchev–Trinajstić information content (AvgIpc) is 2.88. The van der Waals surface area contributed by atoms with E-state index in [9.17, 15) is 8.42 Å². The van der Waals surface area contributed by atoms with Crippen molar-refractivity contribution in [3.8, 4) is 5.75 Å². The molecular formula is C13H19BrN2O3S. The summed E-state index contributed by atoms with van der Waals surface area (Å²) in [6, 6.07) is 4.89. The molecule has 1 aromatic rings. The summed E-state index contributed by atoms with van der Waals surface area (Å²) >= 11 is 3.33. The first kappa shape index (κ1) is 15.8. The van der Waals surface area contributed by atoms with Crippen molar-refractivity contribution in [1.29, 1.82) is 0 Å². The van der Waals surface area contributed by atoms with Crippen LogP contribution in [-0.2, 0) is 10.0 Å². The Morgan fingerprint density at radius 2 is 2.25 bits per heavy atom. The van der Waals surface area contributed by atoms with Gasteiger partial charge < -0.3 is 10.1 Å². The van der Waals surface area contributed by atoms with Gasteiger partial charge in [-0.25, -0.2) is 8.42 Å². The van der Waals surface area contributed by atoms with Crippen LogP contribution in [-0.4, -0.2) is 46.0 Å². The largest absolute Gasteiger partial charge is 0.496 e. The second-order valence-corrected chi connectivity index (χ2v) is 7.51. The minimum atomic E-state index is -3.45. The Kier molecular flexibility index (Phi) is 5.06. The fraction of sp³-hybridized carbons (Fsp3) is 0.538. The van der Waals surface area contributed by atoms with E-state index in [1.807, 2.05) is 7.05 Å². The Labute approximate surface area is 128 Å². The summed E-state index contributed by atoms with van der Waals surface area (Å²) in [4.78, 5) is 0.299. The number of sulfonamides is 1. The maximum Gasteiger partial charge on any atom is 0.243 e. The number of halogens is 1. The van der Waals surface area contributed by atoms with Crippen molar-refractivity contribution in [1.82, 2.24) is 9.62 Å². The summed E-state index contributed by atoms with van der Waals surface area (Å²) in [6.07, 6.45) is 1.81. The zero-order chi connectivity index (χ0) is 14.8. The number of rotatable bonds is 5. The van der Waals surface area contributed by atoms with Gasteiger partial charge in [-0.05, 0) is 54.0 Å². The van der Waals surface area contributed by atoms with Crippen LogP contribution in [0.15, 0.2) is 27.6 Å². The number of hydrogen-bond acceptors (Lipinski definition) is 4. The summed E-state index contributed by atoms with van der Waals surface area (Å²) in [5.41, 5.74) is 0. The van der Waals surface area contributed by atoms with Gasteiger partial charge in [-0.15, -0.1) is 0 Å². The van der Waals surface area contributed by atoms with Gasteiger partial charge in [-0.1, -0.05) is 0 Å². The Morgan fingerprint density at radius 3 is 2.85 bits per heavy atom. The summed E-state index contributed by atoms with van der Waals surface area (Å²) in [6.45, 7) is 1.26. The first-order chi connectivity index (χ1) is 9.50. The Balaban J connectivity index is 2.32. The molecule has 7 heteroatoms. The van der Waals surface area contributed by atoms with Gasteiger partial charge in [0.25, 0.3) is 0 Å². The molecule has 0 radical (unpaired) electrons. The lowest BCUT2D eigenvalue weighted by molar-refractivity contribution is 0.379. The van der Waals surface area contributed by atoms with Crippen LogP contribution in [0.3, 0.4) is 0 Å². The van der Waals surface area contributed by atoms with Crippen molar-refractivity contribution < 1.29 is 13.2 Å². The molecule has 1 N–H and O–H groups in total. The molecule has 0 bridgehead atoms. The van der Waals surface area contributed by atoms with Gasteiger partial charge in [-0.3, -0.25) is 0 Å². The fourth-order valence-electron chi connectivity index (χ4n) is 2.51. The molecule has 0 unspecified atom stereocenters. The molecule has 0 aliphatic carbocycles. The summed E-state index contributed by atoms with van der Waals surface area (Å²) in [5.74, 6) is 0.622. The molecule has 1 aromatic carbocycles. The number of benzene rings is 1. The van der Waals surface area contributed by atoms with E-state index in [2.05, 4.69) is 21.2 Å². The van der Waals surface area contributed by atoms with E-state index in [0.717, 1.165) is 12.8 Å². The average molecular weight is 363 g/mol. The highest BCUT2D eigenvalue weighted by molar-refractivity contribution is 9.10. The number of nitrogens with one attached hydrogen (secondary N) is 1. The van der Waals surface area contributed by atoms with Crippen molar-refractivity contribution in [2.45, 2.75) is 23.8 Å². The predicted molar refractivity (Wildman–Crippen MR) is 81.5 cm³/mol. The lowest BCUT2D eigenvalue weighted by atomic mass is 10.2. The van der Waals surface area contributed by atoms with E-state index < -0.39 is 10.0 Å². The minimum absolute atomic E-state index is 0.0332. The molecule has 112 valence electrons. The zero-order valence-electron chi connectivity index (χ0n) is 11.6. The SMILES string of the molecule is CNC[C@H]1CCCN1S(=O)(=O)c1ccc(OC)c(Br)c1. The van der Waals surface area contributed by atoms with E-state index in [1.54, 1.807) is 29.6 Å². The van der Waals surface area contributed by atoms with E-state index in [-0.39, 0.29) is 6.04 Å². The fourth-order valence-corrected chi connectivity index (χ4v) is 4.92. The van der Waals surface area contributed by atoms with Gasteiger partial charge in [0.15, 0.2) is 0 Å². The van der Waals surface area contributed by atoms with Gasteiger partial charge in [0.2, 0.25) is 10.0 Å². The summed E-state index contributed by atoms with van der Waals surface area (Å²) in [7, 11) is -0.0561. The first-order valence-electron chi connectivity index (χ1n) is 6.50. The van der Waals surface area contributed by atoms with Crippen LogP contribution < -0.4 is 10.1 Å². The van der Waals surface area contributed by atoms with Gasteiger partial charge in [0.1, 0.15) is 5.75 Å². The van der Waals surface area contributed by atoms with Crippen LogP contribution >= 0.6 is 15.9 Å². The molecule has 5 nitrogen and oxygen atoms in total. The predicted octanol–water partition coefficient (Wildman–Crippen LogP) is 1.83. The Morgan fingerprint density at radius 1 is 1.50 bits per heavy atom. The van der Waals surface area contributed by atoms with Crippen LogP contribution in [0.25, 0.3) is 0 Å². The quantitative estimate of drug-likeness (QED) is 0.867. The van der Waals surface area contributed by atoms with Crippen molar-refractivity contribution >= 4 is 26.0 Å². The normalized spacial score (nSPS) is 20.2. The molecule has 1 saturated heterocycles. The summed E-state index contributed by atoms with van der Waals surface area (Å²) < 4.78 is 32.8. The van der Waals surface area contributed by atoms with Crippen LogP contribution in [0.4, 0.5) is 0 Å². The van der Waals surface area contributed by atoms with Crippen molar-refractivity contribution in [2.24, 2.45) is 0 Å². The molecule has 2 rings (SSSR count). The maximum atomic E-state index is 12.7. The smallest absolute Gasteiger partial charge is 0.243 e. The second-order valence-electron chi connectivity index (χ2n) is 4.77. The van der Waals surface area contributed by atoms with Crippen molar-refractivity contribution in [3.63, 3.8) is 0 Å². The first-order valence-corrected chi connectivity index (χ1v) is 8.74. The molecule has 0 spiro atoms. The van der Waals surface area contributed by atoms with E-state index in [4.69, 9.17) is 4.74 Å². The Hall–Kier alpha value is -0.630. The number of methoxy groups -OCH3 is 1. The van der Waals surface area contributed by atoms with Crippen LogP contribution in [0.2, 0.25) is 0 Å². The van der Waals surface area contributed by atoms with E-state index in [0.29, 0.717) is 28.2 Å². The minimum Gasteiger partial charge on any atom is -0.496 e. The Bertz CT molecular complexity index is 577. The third-order valence-corrected chi connectivity index (χ3v) is 6.06. The topological polar surface area (TPSA) is 58.6 Å². The van der Waals surface area contributed by atoms with Gasteiger partial charge in [-0.2, -0.15) is 4.31 Å². The molecule has 1 aliphatic heterocycles. The van der Waals surface area contributed by atoms with E-state index in [1.165, 1.54) is 0 Å². The molecule has 1 aliphatic rings. The molecule has 0 aromatic heterocycles. The number of likely N-dealkylation sites (N-methyl/N-ethyl adjacent to an activating group) is 1. The zero-order valence-corrected chi connectivity index (χ0v) is 14.0. The van der Waals surface area contributed by atoms with Crippen LogP contribution in [0, 0.1) is 0 Å². The van der Waals surface area contributed by atoms with Gasteiger partial charge >= 0.3 is 0 Å². The number of nitrogens with zero attached hydrogens (tertiary/aromatic N) is 1. The standard InChI is InChI=1S/C13H19BrN2O3S/c1-15-9-10-4-3-7-16(10)20(17,18)11-5-6-13(19-2)12(14)8-11/h5-6,8,10,15H,3-4,7,9H2,1-2H3/t10-/m1/s1. The van der Waals surface area contributed by atoms with Gasteiger partial charge in [0.05, 0.1) is 16.5 Å². The van der Waals surface area contributed by atoms with Crippen LogP contribution in [0.5, 0.6) is 5.75 Å². The van der Waals surface area contributed by atoms with E-state index >= 15 is 0 Å². The van der Waals surface area contributed by atoms with Gasteiger partial charge in [0, 0.05) is 19.1 Å². The van der Waals surface area contributed by atoms with Crippen molar-refractivity contribution in [2.75, 3.05) is 27.2 Å². The number of ether oxygens (including phenoxy) is 1. The molecule has 1 heterocycles. The molecule has 1 atom stereocenters. The highest BCUT2D eigenvalue weighted by atomic mass is 79.9. The highest BCUT2D eigenvalue weighted by Gasteiger charge is 2.34. The summed E-state index contributed by atoms with van der Waals surface area (Å²) in [5, 5.41) is 3.06. The second kappa shape index (κ2) is 6.43. The monoisotopic (exact) mass is 362 g/mol. The lowest BCUT2D eigenvalue weighted by Gasteiger charge is -2.24. The van der Waals surface area contributed by atoms with Crippen molar-refractivity contribution in [3.05, 3.63) is 22.7 Å². The highest BCUT2D eigenvalue weighted by Crippen LogP contribution is 2.31. The third kappa shape index (κ3) is 3.00. The third-order valence-electron chi connectivity index (χ3n) is 3.49. The molecular weight excluding hydrogens is 344 g/mol. The van der Waals surface area contributed by atoms with Crippen LogP contribution in [0.1, 0.15) is 12.8 Å².